The maximum absolute atomic E-state index is 5.68. The van der Waals surface area contributed by atoms with Crippen LogP contribution in [0.2, 0.25) is 0 Å². The minimum absolute atomic E-state index is 0.602. The van der Waals surface area contributed by atoms with E-state index in [1.165, 1.54) is 5.56 Å². The van der Waals surface area contributed by atoms with E-state index in [9.17, 15) is 0 Å². The van der Waals surface area contributed by atoms with Gasteiger partial charge in [-0.25, -0.2) is 9.50 Å². The third kappa shape index (κ3) is 2.18. The number of aryl methyl sites for hydroxylation is 2. The Morgan fingerprint density at radius 2 is 2.00 bits per heavy atom. The van der Waals surface area contributed by atoms with Gasteiger partial charge in [0.2, 0.25) is 0 Å². The van der Waals surface area contributed by atoms with Crippen LogP contribution in [0.5, 0.6) is 0 Å². The molecule has 0 unspecified atom stereocenters. The first-order valence-corrected chi connectivity index (χ1v) is 6.81. The number of imidazole rings is 1. The van der Waals surface area contributed by atoms with E-state index < -0.39 is 0 Å². The van der Waals surface area contributed by atoms with Crippen LogP contribution in [-0.4, -0.2) is 21.1 Å². The van der Waals surface area contributed by atoms with Crippen molar-refractivity contribution in [1.82, 2.24) is 14.6 Å². The quantitative estimate of drug-likeness (QED) is 0.792. The second-order valence-corrected chi connectivity index (χ2v) is 5.04. The van der Waals surface area contributed by atoms with Gasteiger partial charge in [0.15, 0.2) is 5.65 Å². The molecule has 0 spiro atoms. The van der Waals surface area contributed by atoms with Gasteiger partial charge in [-0.05, 0) is 38.6 Å². The first kappa shape index (κ1) is 12.8. The maximum atomic E-state index is 5.68. The molecule has 4 nitrogen and oxygen atoms in total. The van der Waals surface area contributed by atoms with Crippen LogP contribution in [0.15, 0.2) is 36.4 Å². The zero-order chi connectivity index (χ0) is 14.1. The van der Waals surface area contributed by atoms with Crippen LogP contribution in [0.3, 0.4) is 0 Å². The lowest BCUT2D eigenvalue weighted by atomic mass is 10.1. The van der Waals surface area contributed by atoms with Crippen LogP contribution in [-0.2, 0) is 6.42 Å². The monoisotopic (exact) mass is 266 g/mol. The third-order valence-corrected chi connectivity index (χ3v) is 3.47. The molecule has 0 fully saturated rings. The van der Waals surface area contributed by atoms with Crippen LogP contribution < -0.4 is 5.73 Å². The molecule has 0 saturated heterocycles. The van der Waals surface area contributed by atoms with Crippen LogP contribution in [0, 0.1) is 13.8 Å². The van der Waals surface area contributed by atoms with E-state index in [0.717, 1.165) is 34.7 Å². The first-order valence-electron chi connectivity index (χ1n) is 6.81. The molecular weight excluding hydrogens is 248 g/mol. The predicted octanol–water partition coefficient (Wildman–Crippen LogP) is 2.51. The van der Waals surface area contributed by atoms with Crippen LogP contribution in [0.25, 0.3) is 16.9 Å². The van der Waals surface area contributed by atoms with E-state index in [1.54, 1.807) is 0 Å². The molecule has 3 aromatic rings. The normalized spacial score (nSPS) is 11.2. The second kappa shape index (κ2) is 5.06. The molecule has 0 aliphatic rings. The van der Waals surface area contributed by atoms with Gasteiger partial charge in [-0.3, -0.25) is 0 Å². The Balaban J connectivity index is 2.16. The van der Waals surface area contributed by atoms with Crippen molar-refractivity contribution >= 4 is 5.65 Å². The van der Waals surface area contributed by atoms with Gasteiger partial charge in [0.1, 0.15) is 0 Å². The molecule has 0 aliphatic heterocycles. The molecule has 20 heavy (non-hydrogen) atoms. The Kier molecular flexibility index (Phi) is 3.24. The van der Waals surface area contributed by atoms with E-state index in [4.69, 9.17) is 10.8 Å². The summed E-state index contributed by atoms with van der Waals surface area (Å²) in [6.45, 7) is 4.69. The summed E-state index contributed by atoms with van der Waals surface area (Å²) < 4.78 is 1.92. The van der Waals surface area contributed by atoms with Crippen molar-refractivity contribution in [3.8, 4) is 11.3 Å². The van der Waals surface area contributed by atoms with E-state index >= 15 is 0 Å². The van der Waals surface area contributed by atoms with Crippen molar-refractivity contribution in [3.05, 3.63) is 53.3 Å². The van der Waals surface area contributed by atoms with Gasteiger partial charge < -0.3 is 5.73 Å². The third-order valence-electron chi connectivity index (χ3n) is 3.47. The molecule has 2 N–H and O–H groups in total. The minimum atomic E-state index is 0.602. The fraction of sp³-hybridized carbons (Fsp3) is 0.250. The maximum Gasteiger partial charge on any atom is 0.154 e. The lowest BCUT2D eigenvalue weighted by Crippen LogP contribution is -2.08. The highest BCUT2D eigenvalue weighted by Gasteiger charge is 2.10. The van der Waals surface area contributed by atoms with Crippen molar-refractivity contribution < 1.29 is 0 Å². The molecule has 2 heterocycles. The van der Waals surface area contributed by atoms with E-state index in [2.05, 4.69) is 36.2 Å². The number of fused-ring (bicyclic) bond motifs is 1. The highest BCUT2D eigenvalue weighted by molar-refractivity contribution is 5.61. The van der Waals surface area contributed by atoms with Crippen molar-refractivity contribution in [2.45, 2.75) is 20.3 Å². The number of benzene rings is 1. The molecule has 0 bridgehead atoms. The number of rotatable bonds is 3. The van der Waals surface area contributed by atoms with Gasteiger partial charge in [0, 0.05) is 12.0 Å². The molecule has 0 amide bonds. The molecule has 102 valence electrons. The molecule has 0 saturated carbocycles. The van der Waals surface area contributed by atoms with E-state index in [0.29, 0.717) is 6.54 Å². The number of hydrogen-bond donors (Lipinski definition) is 1. The summed E-state index contributed by atoms with van der Waals surface area (Å²) in [6.07, 6.45) is 0.789. The predicted molar refractivity (Wildman–Crippen MR) is 80.7 cm³/mol. The van der Waals surface area contributed by atoms with Gasteiger partial charge in [0.05, 0.1) is 17.1 Å². The summed E-state index contributed by atoms with van der Waals surface area (Å²) in [4.78, 5) is 4.53. The second-order valence-electron chi connectivity index (χ2n) is 5.04. The summed E-state index contributed by atoms with van der Waals surface area (Å²) in [6, 6.07) is 12.4. The average Bonchev–Trinajstić information content (AvgIpc) is 2.75. The topological polar surface area (TPSA) is 56.2 Å². The highest BCUT2D eigenvalue weighted by atomic mass is 15.3. The largest absolute Gasteiger partial charge is 0.330 e. The fourth-order valence-corrected chi connectivity index (χ4v) is 2.47. The first-order chi connectivity index (χ1) is 9.69. The van der Waals surface area contributed by atoms with Gasteiger partial charge in [-0.1, -0.05) is 23.8 Å². The molecule has 2 aromatic heterocycles. The van der Waals surface area contributed by atoms with Crippen molar-refractivity contribution in [1.29, 1.82) is 0 Å². The summed E-state index contributed by atoms with van der Waals surface area (Å²) in [5.41, 5.74) is 12.0. The van der Waals surface area contributed by atoms with E-state index in [1.807, 2.05) is 23.6 Å². The molecule has 3 rings (SSSR count). The zero-order valence-corrected chi connectivity index (χ0v) is 11.8. The van der Waals surface area contributed by atoms with Gasteiger partial charge in [0.25, 0.3) is 0 Å². The Morgan fingerprint density at radius 3 is 2.75 bits per heavy atom. The van der Waals surface area contributed by atoms with Crippen LogP contribution >= 0.6 is 0 Å². The molecule has 0 radical (unpaired) electrons. The van der Waals surface area contributed by atoms with E-state index in [-0.39, 0.29) is 0 Å². The number of nitrogens with two attached hydrogens (primary N) is 1. The lowest BCUT2D eigenvalue weighted by Gasteiger charge is -2.05. The summed E-state index contributed by atoms with van der Waals surface area (Å²) in [7, 11) is 0. The Morgan fingerprint density at radius 1 is 1.15 bits per heavy atom. The van der Waals surface area contributed by atoms with Crippen molar-refractivity contribution in [2.24, 2.45) is 5.73 Å². The number of aromatic nitrogens is 3. The standard InChI is InChI=1S/C16H18N4/c1-11-4-3-5-13(10-11)14-6-7-16-18-12(2)15(8-9-17)20(16)19-14/h3-7,10H,8-9,17H2,1-2H3. The minimum Gasteiger partial charge on any atom is -0.330 e. The Bertz CT molecular complexity index is 758. The molecule has 4 heteroatoms. The SMILES string of the molecule is Cc1cccc(-c2ccc3nc(C)c(CCN)n3n2)c1. The summed E-state index contributed by atoms with van der Waals surface area (Å²) in [5.74, 6) is 0. The van der Waals surface area contributed by atoms with Gasteiger partial charge in [-0.15, -0.1) is 0 Å². The van der Waals surface area contributed by atoms with Crippen molar-refractivity contribution in [3.63, 3.8) is 0 Å². The van der Waals surface area contributed by atoms with Crippen molar-refractivity contribution in [2.75, 3.05) is 6.54 Å². The van der Waals surface area contributed by atoms with Crippen LogP contribution in [0.1, 0.15) is 17.0 Å². The zero-order valence-electron chi connectivity index (χ0n) is 11.8. The summed E-state index contributed by atoms with van der Waals surface area (Å²) >= 11 is 0. The molecule has 0 aliphatic carbocycles. The lowest BCUT2D eigenvalue weighted by molar-refractivity contribution is 0.823. The summed E-state index contributed by atoms with van der Waals surface area (Å²) in [5, 5.41) is 4.72. The smallest absolute Gasteiger partial charge is 0.154 e. The van der Waals surface area contributed by atoms with Gasteiger partial charge >= 0.3 is 0 Å². The molecule has 1 aromatic carbocycles. The number of hydrogen-bond acceptors (Lipinski definition) is 3. The number of nitrogens with zero attached hydrogens (tertiary/aromatic N) is 3. The van der Waals surface area contributed by atoms with Gasteiger partial charge in [-0.2, -0.15) is 5.10 Å². The molecule has 0 atom stereocenters. The average molecular weight is 266 g/mol. The Labute approximate surface area is 118 Å². The van der Waals surface area contributed by atoms with Crippen LogP contribution in [0.4, 0.5) is 0 Å². The highest BCUT2D eigenvalue weighted by Crippen LogP contribution is 2.20. The Hall–Kier alpha value is -2.20. The fourth-order valence-electron chi connectivity index (χ4n) is 2.47. The molecular formula is C16H18N4.